The minimum atomic E-state index is 0.508. The lowest BCUT2D eigenvalue weighted by atomic mass is 9.93. The van der Waals surface area contributed by atoms with Crippen molar-refractivity contribution < 1.29 is 4.74 Å². The van der Waals surface area contributed by atoms with Gasteiger partial charge in [0.2, 0.25) is 5.88 Å². The molecule has 0 spiro atoms. The fraction of sp³-hybridized carbons (Fsp3) is 0.320. The predicted molar refractivity (Wildman–Crippen MR) is 122 cm³/mol. The van der Waals surface area contributed by atoms with Crippen molar-refractivity contribution in [3.63, 3.8) is 0 Å². The summed E-state index contributed by atoms with van der Waals surface area (Å²) in [4.78, 5) is 9.04. The van der Waals surface area contributed by atoms with E-state index in [9.17, 15) is 0 Å². The van der Waals surface area contributed by atoms with Gasteiger partial charge < -0.3 is 10.1 Å². The maximum atomic E-state index is 5.31. The van der Waals surface area contributed by atoms with Crippen LogP contribution in [0.5, 0.6) is 5.88 Å². The summed E-state index contributed by atoms with van der Waals surface area (Å²) in [7, 11) is 1.63. The first-order valence-corrected chi connectivity index (χ1v) is 10.9. The molecule has 0 amide bonds. The van der Waals surface area contributed by atoms with Gasteiger partial charge in [-0.2, -0.15) is 5.10 Å². The van der Waals surface area contributed by atoms with Gasteiger partial charge in [0.1, 0.15) is 5.52 Å². The third-order valence-electron chi connectivity index (χ3n) is 5.98. The average molecular weight is 414 g/mol. The van der Waals surface area contributed by atoms with Gasteiger partial charge >= 0.3 is 0 Å². The highest BCUT2D eigenvalue weighted by molar-refractivity contribution is 5.83. The van der Waals surface area contributed by atoms with Gasteiger partial charge in [0.05, 0.1) is 24.0 Å². The van der Waals surface area contributed by atoms with Crippen LogP contribution < -0.4 is 10.1 Å². The maximum absolute atomic E-state index is 5.31. The Hall–Kier alpha value is -3.25. The zero-order valence-corrected chi connectivity index (χ0v) is 17.8. The van der Waals surface area contributed by atoms with Gasteiger partial charge in [0, 0.05) is 24.5 Å². The Labute approximate surface area is 182 Å². The molecule has 4 aromatic rings. The number of rotatable bonds is 7. The van der Waals surface area contributed by atoms with Gasteiger partial charge in [-0.15, -0.1) is 0 Å². The molecule has 0 saturated carbocycles. The number of aromatic nitrogens is 4. The summed E-state index contributed by atoms with van der Waals surface area (Å²) in [6, 6.07) is 16.9. The molecule has 0 fully saturated rings. The smallest absolute Gasteiger partial charge is 0.213 e. The van der Waals surface area contributed by atoms with E-state index in [0.717, 1.165) is 55.4 Å². The van der Waals surface area contributed by atoms with Crippen molar-refractivity contribution in [1.29, 1.82) is 0 Å². The van der Waals surface area contributed by atoms with Gasteiger partial charge in [0.15, 0.2) is 0 Å². The second kappa shape index (κ2) is 8.86. The van der Waals surface area contributed by atoms with Crippen LogP contribution in [0.1, 0.15) is 29.7 Å². The summed E-state index contributed by atoms with van der Waals surface area (Å²) in [6.07, 6.45) is 9.38. The number of benzene rings is 1. The van der Waals surface area contributed by atoms with Crippen LogP contribution in [0.4, 0.5) is 0 Å². The van der Waals surface area contributed by atoms with Crippen LogP contribution in [0.2, 0.25) is 0 Å². The molecule has 0 aliphatic heterocycles. The molecule has 31 heavy (non-hydrogen) atoms. The number of nitrogens with zero attached hydrogens (tertiary/aromatic N) is 4. The largest absolute Gasteiger partial charge is 0.481 e. The summed E-state index contributed by atoms with van der Waals surface area (Å²) >= 11 is 0. The van der Waals surface area contributed by atoms with Crippen molar-refractivity contribution in [2.24, 2.45) is 0 Å². The molecule has 0 bridgehead atoms. The molecule has 0 saturated heterocycles. The van der Waals surface area contributed by atoms with E-state index in [0.29, 0.717) is 11.9 Å². The molecule has 1 aromatic carbocycles. The van der Waals surface area contributed by atoms with Crippen LogP contribution in [0, 0.1) is 0 Å². The van der Waals surface area contributed by atoms with E-state index in [-0.39, 0.29) is 0 Å². The molecule has 5 rings (SSSR count). The summed E-state index contributed by atoms with van der Waals surface area (Å²) in [5.41, 5.74) is 6.49. The number of hydrogen-bond donors (Lipinski definition) is 1. The molecule has 0 radical (unpaired) electrons. The number of fused-ring (bicyclic) bond motifs is 2. The Balaban J connectivity index is 1.27. The first-order chi connectivity index (χ1) is 15.3. The SMILES string of the molecule is COc1ccc2nccc(-n3cc4c(n3)CCC(NCCCc3ccccc3)C4)c2n1. The van der Waals surface area contributed by atoms with E-state index >= 15 is 0 Å². The van der Waals surface area contributed by atoms with Crippen molar-refractivity contribution in [1.82, 2.24) is 25.1 Å². The number of methoxy groups -OCH3 is 1. The molecular weight excluding hydrogens is 386 g/mol. The van der Waals surface area contributed by atoms with Crippen LogP contribution in [-0.2, 0) is 19.3 Å². The molecule has 1 aliphatic carbocycles. The first kappa shape index (κ1) is 19.7. The summed E-state index contributed by atoms with van der Waals surface area (Å²) in [5.74, 6) is 0.582. The summed E-state index contributed by atoms with van der Waals surface area (Å²) < 4.78 is 7.26. The molecule has 1 unspecified atom stereocenters. The first-order valence-electron chi connectivity index (χ1n) is 10.9. The third-order valence-corrected chi connectivity index (χ3v) is 5.98. The number of nitrogens with one attached hydrogen (secondary N) is 1. The second-order valence-corrected chi connectivity index (χ2v) is 8.08. The van der Waals surface area contributed by atoms with Crippen molar-refractivity contribution in [3.05, 3.63) is 77.7 Å². The zero-order valence-electron chi connectivity index (χ0n) is 17.8. The van der Waals surface area contributed by atoms with E-state index in [4.69, 9.17) is 9.84 Å². The van der Waals surface area contributed by atoms with Crippen LogP contribution in [0.3, 0.4) is 0 Å². The Kier molecular flexibility index (Phi) is 5.63. The molecular formula is C25H27N5O. The number of aryl methyl sites for hydroxylation is 2. The maximum Gasteiger partial charge on any atom is 0.213 e. The van der Waals surface area contributed by atoms with Crippen LogP contribution in [0.15, 0.2) is 60.9 Å². The highest BCUT2D eigenvalue weighted by Gasteiger charge is 2.22. The third kappa shape index (κ3) is 4.30. The molecule has 1 atom stereocenters. The van der Waals surface area contributed by atoms with Crippen molar-refractivity contribution in [3.8, 4) is 11.6 Å². The fourth-order valence-corrected chi connectivity index (χ4v) is 4.34. The molecule has 1 N–H and O–H groups in total. The van der Waals surface area contributed by atoms with E-state index in [1.54, 1.807) is 7.11 Å². The van der Waals surface area contributed by atoms with Gasteiger partial charge in [-0.05, 0) is 61.9 Å². The van der Waals surface area contributed by atoms with E-state index in [1.807, 2.05) is 29.1 Å². The normalized spacial score (nSPS) is 15.7. The van der Waals surface area contributed by atoms with Crippen LogP contribution >= 0.6 is 0 Å². The second-order valence-electron chi connectivity index (χ2n) is 8.08. The summed E-state index contributed by atoms with van der Waals surface area (Å²) in [5, 5.41) is 8.63. The van der Waals surface area contributed by atoms with E-state index in [1.165, 1.54) is 16.8 Å². The van der Waals surface area contributed by atoms with Crippen LogP contribution in [-0.4, -0.2) is 39.4 Å². The molecule has 6 heteroatoms. The Morgan fingerprint density at radius 2 is 2.03 bits per heavy atom. The van der Waals surface area contributed by atoms with Crippen molar-refractivity contribution >= 4 is 11.0 Å². The van der Waals surface area contributed by atoms with Gasteiger partial charge in [-0.3, -0.25) is 4.98 Å². The lowest BCUT2D eigenvalue weighted by molar-refractivity contribution is 0.399. The lowest BCUT2D eigenvalue weighted by Crippen LogP contribution is -2.35. The Morgan fingerprint density at radius 1 is 1.13 bits per heavy atom. The molecule has 1 aliphatic rings. The van der Waals surface area contributed by atoms with E-state index in [2.05, 4.69) is 51.8 Å². The Bertz CT molecular complexity index is 1170. The average Bonchev–Trinajstić information content (AvgIpc) is 3.25. The number of hydrogen-bond acceptors (Lipinski definition) is 5. The van der Waals surface area contributed by atoms with Crippen molar-refractivity contribution in [2.75, 3.05) is 13.7 Å². The van der Waals surface area contributed by atoms with Crippen LogP contribution in [0.25, 0.3) is 16.7 Å². The van der Waals surface area contributed by atoms with E-state index < -0.39 is 0 Å². The number of ether oxygens (including phenoxy) is 1. The molecule has 3 aromatic heterocycles. The monoisotopic (exact) mass is 413 g/mol. The standard InChI is InChI=1S/C25H27N5O/c1-31-24-12-11-22-25(28-24)23(13-15-27-22)30-17-19-16-20(9-10-21(19)29-30)26-14-5-8-18-6-3-2-4-7-18/h2-4,6-7,11-13,15,17,20,26H,5,8-10,14,16H2,1H3. The highest BCUT2D eigenvalue weighted by atomic mass is 16.5. The quantitative estimate of drug-likeness (QED) is 0.466. The molecule has 3 heterocycles. The minimum Gasteiger partial charge on any atom is -0.481 e. The van der Waals surface area contributed by atoms with Gasteiger partial charge in [-0.25, -0.2) is 9.67 Å². The minimum absolute atomic E-state index is 0.508. The topological polar surface area (TPSA) is 64.9 Å². The highest BCUT2D eigenvalue weighted by Crippen LogP contribution is 2.25. The number of pyridine rings is 2. The van der Waals surface area contributed by atoms with Crippen molar-refractivity contribution in [2.45, 2.75) is 38.1 Å². The fourth-order valence-electron chi connectivity index (χ4n) is 4.34. The lowest BCUT2D eigenvalue weighted by Gasteiger charge is -2.22. The Morgan fingerprint density at radius 3 is 2.90 bits per heavy atom. The van der Waals surface area contributed by atoms with Gasteiger partial charge in [-0.1, -0.05) is 30.3 Å². The zero-order chi connectivity index (χ0) is 21.0. The summed E-state index contributed by atoms with van der Waals surface area (Å²) in [6.45, 7) is 1.04. The van der Waals surface area contributed by atoms with Gasteiger partial charge in [0.25, 0.3) is 0 Å². The molecule has 158 valence electrons. The predicted octanol–water partition coefficient (Wildman–Crippen LogP) is 3.90. The molecule has 6 nitrogen and oxygen atoms in total.